The van der Waals surface area contributed by atoms with Gasteiger partial charge in [-0.25, -0.2) is 0 Å². The Morgan fingerprint density at radius 1 is 0.333 bits per heavy atom. The van der Waals surface area contributed by atoms with Crippen molar-refractivity contribution in [1.82, 2.24) is 0 Å². The third kappa shape index (κ3) is 4.90. The Morgan fingerprint density at radius 3 is 1.57 bits per heavy atom. The molecule has 0 aliphatic rings. The Kier molecular flexibility index (Phi) is 6.81. The van der Waals surface area contributed by atoms with Gasteiger partial charge in [-0.3, -0.25) is 0 Å². The van der Waals surface area contributed by atoms with Crippen LogP contribution in [0.15, 0.2) is 197 Å². The molecule has 3 heteroatoms. The summed E-state index contributed by atoms with van der Waals surface area (Å²) in [7, 11) is 0. The minimum Gasteiger partial charge on any atom is -0.456 e. The number of nitrogens with zero attached hydrogens (tertiary/aromatic N) is 1. The fourth-order valence-corrected chi connectivity index (χ4v) is 7.52. The summed E-state index contributed by atoms with van der Waals surface area (Å²) in [6, 6.07) is 66.1. The van der Waals surface area contributed by atoms with E-state index in [0.717, 1.165) is 77.6 Å². The molecule has 0 radical (unpaired) electrons. The molecule has 2 heterocycles. The number of anilines is 3. The average Bonchev–Trinajstić information content (AvgIpc) is 3.78. The van der Waals surface area contributed by atoms with Crippen molar-refractivity contribution in [2.24, 2.45) is 0 Å². The molecule has 0 N–H and O–H groups in total. The number of benzene rings is 8. The molecule has 0 aliphatic carbocycles. The van der Waals surface area contributed by atoms with Crippen molar-refractivity contribution in [3.63, 3.8) is 0 Å². The van der Waals surface area contributed by atoms with Gasteiger partial charge in [-0.15, -0.1) is 0 Å². The van der Waals surface area contributed by atoms with Gasteiger partial charge in [0.1, 0.15) is 22.3 Å². The van der Waals surface area contributed by atoms with Gasteiger partial charge in [0.15, 0.2) is 0 Å². The van der Waals surface area contributed by atoms with E-state index in [1.165, 1.54) is 16.7 Å². The van der Waals surface area contributed by atoms with Crippen LogP contribution in [0.1, 0.15) is 0 Å². The smallest absolute Gasteiger partial charge is 0.145 e. The standard InChI is InChI=1S/C48H31NO2/c1-3-13-32(14-4-1)37-17-7-8-18-38(37)34-23-25-35(26-24-34)49(36-27-28-41-40-19-9-11-21-44(40)50-46(41)31-36)43-30-29-39(33-15-5-2-6-16-33)48-47(43)42-20-10-12-22-45(42)51-48/h1-31H. The summed E-state index contributed by atoms with van der Waals surface area (Å²) in [5.74, 6) is 0. The van der Waals surface area contributed by atoms with Gasteiger partial charge in [0.05, 0.1) is 11.1 Å². The molecule has 0 aliphatic heterocycles. The van der Waals surface area contributed by atoms with Crippen molar-refractivity contribution >= 4 is 60.9 Å². The molecule has 10 rings (SSSR count). The quantitative estimate of drug-likeness (QED) is 0.179. The van der Waals surface area contributed by atoms with Crippen LogP contribution in [0.25, 0.3) is 77.3 Å². The molecular weight excluding hydrogens is 623 g/mol. The molecule has 0 fully saturated rings. The minimum atomic E-state index is 0.848. The molecule has 0 bridgehead atoms. The number of para-hydroxylation sites is 2. The Labute approximate surface area is 295 Å². The topological polar surface area (TPSA) is 29.5 Å². The highest BCUT2D eigenvalue weighted by atomic mass is 16.3. The summed E-state index contributed by atoms with van der Waals surface area (Å²) in [5.41, 5.74) is 13.5. The molecule has 2 aromatic heterocycles. The highest BCUT2D eigenvalue weighted by Crippen LogP contribution is 2.47. The van der Waals surface area contributed by atoms with Crippen LogP contribution in [-0.2, 0) is 0 Å². The Hall–Kier alpha value is -6.84. The summed E-state index contributed by atoms with van der Waals surface area (Å²) in [6.07, 6.45) is 0. The molecule has 0 atom stereocenters. The van der Waals surface area contributed by atoms with Crippen molar-refractivity contribution in [2.75, 3.05) is 4.90 Å². The number of furan rings is 2. The van der Waals surface area contributed by atoms with Gasteiger partial charge in [-0.05, 0) is 76.3 Å². The van der Waals surface area contributed by atoms with E-state index in [9.17, 15) is 0 Å². The summed E-state index contributed by atoms with van der Waals surface area (Å²) in [6.45, 7) is 0. The van der Waals surface area contributed by atoms with Crippen LogP contribution in [0.5, 0.6) is 0 Å². The van der Waals surface area contributed by atoms with E-state index in [2.05, 4.69) is 169 Å². The van der Waals surface area contributed by atoms with Crippen LogP contribution in [0.3, 0.4) is 0 Å². The number of hydrogen-bond donors (Lipinski definition) is 0. The maximum atomic E-state index is 6.70. The molecule has 51 heavy (non-hydrogen) atoms. The first kappa shape index (κ1) is 29.1. The number of fused-ring (bicyclic) bond motifs is 6. The van der Waals surface area contributed by atoms with E-state index in [0.29, 0.717) is 0 Å². The van der Waals surface area contributed by atoms with Crippen molar-refractivity contribution < 1.29 is 8.83 Å². The summed E-state index contributed by atoms with van der Waals surface area (Å²) < 4.78 is 13.1. The van der Waals surface area contributed by atoms with Gasteiger partial charge in [0.25, 0.3) is 0 Å². The SMILES string of the molecule is c1ccc(-c2ccccc2-c2ccc(N(c3ccc4c(c3)oc3ccccc34)c3ccc(-c4ccccc4)c4oc5ccccc5c34)cc2)cc1. The lowest BCUT2D eigenvalue weighted by Crippen LogP contribution is -2.10. The van der Waals surface area contributed by atoms with Crippen LogP contribution in [-0.4, -0.2) is 0 Å². The fourth-order valence-electron chi connectivity index (χ4n) is 7.52. The van der Waals surface area contributed by atoms with E-state index in [4.69, 9.17) is 8.83 Å². The van der Waals surface area contributed by atoms with Crippen LogP contribution in [0.2, 0.25) is 0 Å². The largest absolute Gasteiger partial charge is 0.456 e. The second kappa shape index (κ2) is 11.9. The molecule has 10 aromatic rings. The normalized spacial score (nSPS) is 11.5. The Bertz CT molecular complexity index is 2850. The first-order chi connectivity index (χ1) is 25.3. The molecule has 240 valence electrons. The van der Waals surface area contributed by atoms with E-state index >= 15 is 0 Å². The van der Waals surface area contributed by atoms with Crippen LogP contribution >= 0.6 is 0 Å². The van der Waals surface area contributed by atoms with E-state index in [1.807, 2.05) is 24.3 Å². The van der Waals surface area contributed by atoms with Crippen molar-refractivity contribution in [3.05, 3.63) is 188 Å². The van der Waals surface area contributed by atoms with Gasteiger partial charge in [0, 0.05) is 39.2 Å². The van der Waals surface area contributed by atoms with Crippen molar-refractivity contribution in [2.45, 2.75) is 0 Å². The maximum absolute atomic E-state index is 6.70. The van der Waals surface area contributed by atoms with Gasteiger partial charge < -0.3 is 13.7 Å². The Balaban J connectivity index is 1.20. The second-order valence-corrected chi connectivity index (χ2v) is 12.9. The first-order valence-corrected chi connectivity index (χ1v) is 17.3. The van der Waals surface area contributed by atoms with E-state index < -0.39 is 0 Å². The lowest BCUT2D eigenvalue weighted by Gasteiger charge is -2.27. The Morgan fingerprint density at radius 2 is 0.863 bits per heavy atom. The minimum absolute atomic E-state index is 0.848. The monoisotopic (exact) mass is 653 g/mol. The zero-order valence-corrected chi connectivity index (χ0v) is 27.7. The highest BCUT2D eigenvalue weighted by molar-refractivity contribution is 6.17. The number of hydrogen-bond acceptors (Lipinski definition) is 3. The highest BCUT2D eigenvalue weighted by Gasteiger charge is 2.23. The summed E-state index contributed by atoms with van der Waals surface area (Å²) in [5, 5.41) is 4.35. The third-order valence-corrected chi connectivity index (χ3v) is 9.90. The molecule has 0 saturated heterocycles. The summed E-state index contributed by atoms with van der Waals surface area (Å²) >= 11 is 0. The second-order valence-electron chi connectivity index (χ2n) is 12.9. The van der Waals surface area contributed by atoms with Crippen molar-refractivity contribution in [3.8, 4) is 33.4 Å². The van der Waals surface area contributed by atoms with Crippen LogP contribution < -0.4 is 4.90 Å². The number of rotatable bonds is 6. The van der Waals surface area contributed by atoms with Crippen LogP contribution in [0.4, 0.5) is 17.1 Å². The van der Waals surface area contributed by atoms with E-state index in [-0.39, 0.29) is 0 Å². The van der Waals surface area contributed by atoms with Crippen LogP contribution in [0, 0.1) is 0 Å². The molecular formula is C48H31NO2. The fraction of sp³-hybridized carbons (Fsp3) is 0. The van der Waals surface area contributed by atoms with Crippen molar-refractivity contribution in [1.29, 1.82) is 0 Å². The molecule has 0 unspecified atom stereocenters. The third-order valence-electron chi connectivity index (χ3n) is 9.90. The van der Waals surface area contributed by atoms with Gasteiger partial charge >= 0.3 is 0 Å². The lowest BCUT2D eigenvalue weighted by atomic mass is 9.94. The predicted molar refractivity (Wildman–Crippen MR) is 212 cm³/mol. The average molecular weight is 654 g/mol. The zero-order chi connectivity index (χ0) is 33.7. The first-order valence-electron chi connectivity index (χ1n) is 17.3. The maximum Gasteiger partial charge on any atom is 0.145 e. The predicted octanol–water partition coefficient (Wildman–Crippen LogP) is 14.0. The molecule has 8 aromatic carbocycles. The molecule has 0 saturated carbocycles. The van der Waals surface area contributed by atoms with Gasteiger partial charge in [0.2, 0.25) is 0 Å². The van der Waals surface area contributed by atoms with E-state index in [1.54, 1.807) is 0 Å². The van der Waals surface area contributed by atoms with Gasteiger partial charge in [-0.1, -0.05) is 133 Å². The zero-order valence-electron chi connectivity index (χ0n) is 27.7. The van der Waals surface area contributed by atoms with Gasteiger partial charge in [-0.2, -0.15) is 0 Å². The summed E-state index contributed by atoms with van der Waals surface area (Å²) in [4.78, 5) is 2.33. The lowest BCUT2D eigenvalue weighted by molar-refractivity contribution is 0.669. The molecule has 0 amide bonds. The molecule has 3 nitrogen and oxygen atoms in total. The molecule has 0 spiro atoms.